The van der Waals surface area contributed by atoms with Crippen LogP contribution in [0.4, 0.5) is 5.69 Å². The van der Waals surface area contributed by atoms with Gasteiger partial charge in [0, 0.05) is 36.4 Å². The number of anilines is 1. The molecule has 18 heavy (non-hydrogen) atoms. The molecule has 0 fully saturated rings. The average Bonchev–Trinajstić information content (AvgIpc) is 2.39. The summed E-state index contributed by atoms with van der Waals surface area (Å²) < 4.78 is 6.30. The molecule has 102 valence electrons. The first-order valence-corrected chi connectivity index (χ1v) is 7.13. The second kappa shape index (κ2) is 7.77. The van der Waals surface area contributed by atoms with Crippen LogP contribution in [0.5, 0.6) is 0 Å². The van der Waals surface area contributed by atoms with Gasteiger partial charge in [0.05, 0.1) is 6.61 Å². The van der Waals surface area contributed by atoms with Crippen molar-refractivity contribution in [3.8, 4) is 0 Å². The van der Waals surface area contributed by atoms with Crippen molar-refractivity contribution in [3.63, 3.8) is 0 Å². The molecule has 0 bridgehead atoms. The molecule has 1 N–H and O–H groups in total. The molecule has 1 rings (SSSR count). The summed E-state index contributed by atoms with van der Waals surface area (Å²) in [6.07, 6.45) is 0. The maximum absolute atomic E-state index is 5.18. The van der Waals surface area contributed by atoms with Crippen LogP contribution in [0.1, 0.15) is 25.5 Å². The Morgan fingerprint density at radius 3 is 2.72 bits per heavy atom. The Kier molecular flexibility index (Phi) is 6.68. The lowest BCUT2D eigenvalue weighted by atomic mass is 10.1. The van der Waals surface area contributed by atoms with Crippen LogP contribution in [0, 0.1) is 0 Å². The normalized spacial score (nSPS) is 12.5. The summed E-state index contributed by atoms with van der Waals surface area (Å²) in [7, 11) is 3.73. The Balaban J connectivity index is 3.05. The summed E-state index contributed by atoms with van der Waals surface area (Å²) in [5, 5.41) is 3.30. The van der Waals surface area contributed by atoms with Crippen LogP contribution >= 0.6 is 15.9 Å². The minimum Gasteiger partial charge on any atom is -0.383 e. The lowest BCUT2D eigenvalue weighted by molar-refractivity contribution is 0.205. The van der Waals surface area contributed by atoms with Crippen molar-refractivity contribution < 1.29 is 4.74 Å². The molecule has 1 unspecified atom stereocenters. The number of hydrogen-bond acceptors (Lipinski definition) is 3. The van der Waals surface area contributed by atoms with E-state index in [2.05, 4.69) is 58.2 Å². The standard InChI is InChI=1S/C14H23BrN2O/c1-5-17(8-9-18-4)14-10-12(15)6-7-13(14)11(2)16-3/h6-7,10-11,16H,5,8-9H2,1-4H3. The van der Waals surface area contributed by atoms with Gasteiger partial charge in [-0.05, 0) is 38.6 Å². The van der Waals surface area contributed by atoms with E-state index in [9.17, 15) is 0 Å². The molecule has 0 heterocycles. The van der Waals surface area contributed by atoms with Gasteiger partial charge in [0.2, 0.25) is 0 Å². The van der Waals surface area contributed by atoms with Gasteiger partial charge < -0.3 is 15.0 Å². The van der Waals surface area contributed by atoms with Crippen molar-refractivity contribution in [2.45, 2.75) is 19.9 Å². The zero-order valence-electron chi connectivity index (χ0n) is 11.7. The second-order valence-electron chi connectivity index (χ2n) is 4.29. The number of nitrogens with one attached hydrogen (secondary N) is 1. The van der Waals surface area contributed by atoms with Crippen LogP contribution in [0.2, 0.25) is 0 Å². The average molecular weight is 315 g/mol. The lowest BCUT2D eigenvalue weighted by Gasteiger charge is -2.27. The van der Waals surface area contributed by atoms with Gasteiger partial charge in [-0.25, -0.2) is 0 Å². The first-order valence-electron chi connectivity index (χ1n) is 6.34. The zero-order chi connectivity index (χ0) is 13.5. The monoisotopic (exact) mass is 314 g/mol. The molecule has 0 radical (unpaired) electrons. The number of hydrogen-bond donors (Lipinski definition) is 1. The van der Waals surface area contributed by atoms with E-state index in [4.69, 9.17) is 4.74 Å². The first-order chi connectivity index (χ1) is 8.63. The molecular weight excluding hydrogens is 292 g/mol. The quantitative estimate of drug-likeness (QED) is 0.836. The molecular formula is C14H23BrN2O. The Hall–Kier alpha value is -0.580. The van der Waals surface area contributed by atoms with E-state index in [-0.39, 0.29) is 0 Å². The van der Waals surface area contributed by atoms with Gasteiger partial charge in [0.25, 0.3) is 0 Å². The van der Waals surface area contributed by atoms with Gasteiger partial charge in [0.1, 0.15) is 0 Å². The number of nitrogens with zero attached hydrogens (tertiary/aromatic N) is 1. The molecule has 1 atom stereocenters. The van der Waals surface area contributed by atoms with Crippen LogP contribution < -0.4 is 10.2 Å². The van der Waals surface area contributed by atoms with Gasteiger partial charge in [-0.1, -0.05) is 22.0 Å². The van der Waals surface area contributed by atoms with Crippen LogP contribution in [0.3, 0.4) is 0 Å². The summed E-state index contributed by atoms with van der Waals surface area (Å²) >= 11 is 3.55. The summed E-state index contributed by atoms with van der Waals surface area (Å²) in [6.45, 7) is 6.98. The van der Waals surface area contributed by atoms with Gasteiger partial charge in [-0.2, -0.15) is 0 Å². The lowest BCUT2D eigenvalue weighted by Crippen LogP contribution is -2.29. The number of methoxy groups -OCH3 is 1. The van der Waals surface area contributed by atoms with E-state index < -0.39 is 0 Å². The van der Waals surface area contributed by atoms with E-state index in [0.717, 1.165) is 24.2 Å². The SMILES string of the molecule is CCN(CCOC)c1cc(Br)ccc1C(C)NC. The molecule has 4 heteroatoms. The van der Waals surface area contributed by atoms with E-state index >= 15 is 0 Å². The smallest absolute Gasteiger partial charge is 0.0637 e. The van der Waals surface area contributed by atoms with Crippen LogP contribution in [-0.4, -0.2) is 33.9 Å². The topological polar surface area (TPSA) is 24.5 Å². The third-order valence-corrected chi connectivity index (χ3v) is 3.67. The first kappa shape index (κ1) is 15.5. The molecule has 3 nitrogen and oxygen atoms in total. The molecule has 0 saturated heterocycles. The highest BCUT2D eigenvalue weighted by atomic mass is 79.9. The minimum absolute atomic E-state index is 0.338. The summed E-state index contributed by atoms with van der Waals surface area (Å²) in [5.74, 6) is 0. The van der Waals surface area contributed by atoms with Crippen molar-refractivity contribution in [3.05, 3.63) is 28.2 Å². The molecule has 0 aliphatic rings. The number of rotatable bonds is 7. The van der Waals surface area contributed by atoms with E-state index in [1.54, 1.807) is 7.11 Å². The third kappa shape index (κ3) is 3.97. The van der Waals surface area contributed by atoms with Crippen LogP contribution in [0.15, 0.2) is 22.7 Å². The van der Waals surface area contributed by atoms with Crippen molar-refractivity contribution in [2.75, 3.05) is 38.8 Å². The highest BCUT2D eigenvalue weighted by molar-refractivity contribution is 9.10. The van der Waals surface area contributed by atoms with E-state index in [1.807, 2.05) is 7.05 Å². The van der Waals surface area contributed by atoms with Gasteiger partial charge in [0.15, 0.2) is 0 Å². The minimum atomic E-state index is 0.338. The Morgan fingerprint density at radius 1 is 1.44 bits per heavy atom. The number of likely N-dealkylation sites (N-methyl/N-ethyl adjacent to an activating group) is 1. The number of halogens is 1. The fourth-order valence-electron chi connectivity index (χ4n) is 1.96. The highest BCUT2D eigenvalue weighted by Crippen LogP contribution is 2.29. The third-order valence-electron chi connectivity index (χ3n) is 3.18. The molecule has 0 saturated carbocycles. The molecule has 0 aromatic heterocycles. The van der Waals surface area contributed by atoms with Crippen molar-refractivity contribution in [2.24, 2.45) is 0 Å². The molecule has 1 aromatic carbocycles. The number of benzene rings is 1. The van der Waals surface area contributed by atoms with Gasteiger partial charge in [-0.15, -0.1) is 0 Å². The van der Waals surface area contributed by atoms with Crippen LogP contribution in [-0.2, 0) is 4.74 Å². The summed E-state index contributed by atoms with van der Waals surface area (Å²) in [5.41, 5.74) is 2.59. The fourth-order valence-corrected chi connectivity index (χ4v) is 2.31. The number of ether oxygens (including phenoxy) is 1. The van der Waals surface area contributed by atoms with Gasteiger partial charge >= 0.3 is 0 Å². The molecule has 1 aromatic rings. The second-order valence-corrected chi connectivity index (χ2v) is 5.20. The Bertz CT molecular complexity index is 371. The highest BCUT2D eigenvalue weighted by Gasteiger charge is 2.14. The fraction of sp³-hybridized carbons (Fsp3) is 0.571. The summed E-state index contributed by atoms with van der Waals surface area (Å²) in [6, 6.07) is 6.79. The molecule has 0 amide bonds. The van der Waals surface area contributed by atoms with Crippen molar-refractivity contribution >= 4 is 21.6 Å². The molecule has 0 spiro atoms. The predicted octanol–water partition coefficient (Wildman–Crippen LogP) is 3.20. The predicted molar refractivity (Wildman–Crippen MR) is 81.4 cm³/mol. The Labute approximate surface area is 119 Å². The largest absolute Gasteiger partial charge is 0.383 e. The van der Waals surface area contributed by atoms with E-state index in [0.29, 0.717) is 6.04 Å². The molecule has 0 aliphatic heterocycles. The summed E-state index contributed by atoms with van der Waals surface area (Å²) in [4.78, 5) is 2.34. The van der Waals surface area contributed by atoms with E-state index in [1.165, 1.54) is 11.3 Å². The van der Waals surface area contributed by atoms with Crippen molar-refractivity contribution in [1.82, 2.24) is 5.32 Å². The maximum atomic E-state index is 5.18. The molecule has 0 aliphatic carbocycles. The van der Waals surface area contributed by atoms with Crippen molar-refractivity contribution in [1.29, 1.82) is 0 Å². The maximum Gasteiger partial charge on any atom is 0.0637 e. The van der Waals surface area contributed by atoms with Gasteiger partial charge in [-0.3, -0.25) is 0 Å². The van der Waals surface area contributed by atoms with Crippen LogP contribution in [0.25, 0.3) is 0 Å². The Morgan fingerprint density at radius 2 is 2.17 bits per heavy atom. The zero-order valence-corrected chi connectivity index (χ0v) is 13.3.